The van der Waals surface area contributed by atoms with E-state index in [4.69, 9.17) is 22.4 Å². The van der Waals surface area contributed by atoms with E-state index in [9.17, 15) is 0 Å². The molecule has 0 spiro atoms. The van der Waals surface area contributed by atoms with Crippen LogP contribution in [-0.4, -0.2) is 37.1 Å². The minimum absolute atomic E-state index is 0.224. The number of aliphatic imine (C=N–C) groups is 1. The topological polar surface area (TPSA) is 70.6 Å². The lowest BCUT2D eigenvalue weighted by molar-refractivity contribution is 0.329. The molecule has 0 saturated carbocycles. The van der Waals surface area contributed by atoms with Crippen LogP contribution in [0.15, 0.2) is 15.7 Å². The number of nitrogens with zero attached hydrogens (tertiary/aromatic N) is 1. The zero-order valence-corrected chi connectivity index (χ0v) is 10.1. The van der Waals surface area contributed by atoms with Gasteiger partial charge in [-0.2, -0.15) is 0 Å². The van der Waals surface area contributed by atoms with E-state index in [1.807, 2.05) is 13.8 Å². The van der Waals surface area contributed by atoms with Crippen LogP contribution >= 0.6 is 11.6 Å². The Labute approximate surface area is 96.2 Å². The second-order valence-electron chi connectivity index (χ2n) is 2.86. The Hall–Kier alpha value is -0.580. The number of hydrogen-bond acceptors (Lipinski definition) is 4. The van der Waals surface area contributed by atoms with E-state index in [0.29, 0.717) is 11.6 Å². The van der Waals surface area contributed by atoms with Crippen LogP contribution in [0, 0.1) is 0 Å². The first-order valence-corrected chi connectivity index (χ1v) is 5.63. The van der Waals surface area contributed by atoms with E-state index in [2.05, 4.69) is 10.3 Å². The van der Waals surface area contributed by atoms with Gasteiger partial charge in [-0.05, 0) is 13.0 Å². The van der Waals surface area contributed by atoms with Crippen molar-refractivity contribution in [3.8, 4) is 0 Å². The number of hydrogen-bond donors (Lipinski definition) is 3. The molecule has 15 heavy (non-hydrogen) atoms. The maximum atomic E-state index is 8.76. The summed E-state index contributed by atoms with van der Waals surface area (Å²) in [5, 5.41) is 12.3. The maximum Gasteiger partial charge on any atom is 0.0841 e. The molecule has 0 saturated heterocycles. The van der Waals surface area contributed by atoms with Gasteiger partial charge in [0.2, 0.25) is 0 Å². The Bertz CT molecular complexity index is 239. The number of rotatable bonds is 2. The van der Waals surface area contributed by atoms with Crippen molar-refractivity contribution < 1.29 is 5.11 Å². The van der Waals surface area contributed by atoms with E-state index in [0.717, 1.165) is 25.2 Å². The van der Waals surface area contributed by atoms with Gasteiger partial charge in [-0.15, -0.1) is 0 Å². The fourth-order valence-electron chi connectivity index (χ4n) is 1.08. The standard InChI is InChI=1S/C8H14ClN3O.C2H6/c9-8(6(10)5-13)7-4-11-2-1-3-12-7;1-2/h11,13H,1-5,10H2;1-2H3/b8-6+;. The highest BCUT2D eigenvalue weighted by Gasteiger charge is 2.09. The third-order valence-corrected chi connectivity index (χ3v) is 2.27. The van der Waals surface area contributed by atoms with Crippen molar-refractivity contribution in [3.05, 3.63) is 10.7 Å². The maximum absolute atomic E-state index is 8.76. The molecule has 0 aliphatic carbocycles. The van der Waals surface area contributed by atoms with Gasteiger partial charge in [0.15, 0.2) is 0 Å². The fraction of sp³-hybridized carbons (Fsp3) is 0.700. The summed E-state index contributed by atoms with van der Waals surface area (Å²) in [6.07, 6.45) is 1.01. The molecule has 0 aromatic heterocycles. The molecule has 0 fully saturated rings. The molecule has 0 atom stereocenters. The summed E-state index contributed by atoms with van der Waals surface area (Å²) in [5.74, 6) is 0. The van der Waals surface area contributed by atoms with Gasteiger partial charge in [-0.1, -0.05) is 25.4 Å². The molecule has 0 aromatic carbocycles. The Morgan fingerprint density at radius 2 is 2.27 bits per heavy atom. The summed E-state index contributed by atoms with van der Waals surface area (Å²) in [6.45, 7) is 6.10. The highest BCUT2D eigenvalue weighted by molar-refractivity contribution is 6.44. The molecule has 0 bridgehead atoms. The molecule has 0 aromatic rings. The van der Waals surface area contributed by atoms with Crippen LogP contribution < -0.4 is 11.1 Å². The third-order valence-electron chi connectivity index (χ3n) is 1.81. The van der Waals surface area contributed by atoms with Crippen LogP contribution in [0.5, 0.6) is 0 Å². The number of aliphatic hydroxyl groups is 1. The Balaban J connectivity index is 0.000000921. The molecule has 1 aliphatic heterocycles. The van der Waals surface area contributed by atoms with Gasteiger partial charge in [0.05, 0.1) is 23.0 Å². The van der Waals surface area contributed by atoms with Gasteiger partial charge < -0.3 is 16.2 Å². The quantitative estimate of drug-likeness (QED) is 0.662. The molecule has 1 rings (SSSR count). The minimum Gasteiger partial charge on any atom is -0.399 e. The summed E-state index contributed by atoms with van der Waals surface area (Å²) < 4.78 is 0. The largest absolute Gasteiger partial charge is 0.399 e. The molecule has 1 heterocycles. The molecule has 4 N–H and O–H groups in total. The monoisotopic (exact) mass is 233 g/mol. The average Bonchev–Trinajstić information content (AvgIpc) is 2.58. The van der Waals surface area contributed by atoms with Crippen molar-refractivity contribution in [1.82, 2.24) is 5.32 Å². The smallest absolute Gasteiger partial charge is 0.0841 e. The lowest BCUT2D eigenvalue weighted by atomic mass is 10.3. The summed E-state index contributed by atoms with van der Waals surface area (Å²) in [7, 11) is 0. The number of aliphatic hydroxyl groups excluding tert-OH is 1. The van der Waals surface area contributed by atoms with E-state index < -0.39 is 0 Å². The van der Waals surface area contributed by atoms with Crippen molar-refractivity contribution in [2.75, 3.05) is 26.2 Å². The van der Waals surface area contributed by atoms with E-state index in [1.54, 1.807) is 0 Å². The van der Waals surface area contributed by atoms with Crippen molar-refractivity contribution in [3.63, 3.8) is 0 Å². The molecule has 88 valence electrons. The van der Waals surface area contributed by atoms with Gasteiger partial charge in [0.1, 0.15) is 0 Å². The number of nitrogens with two attached hydrogens (primary N) is 1. The van der Waals surface area contributed by atoms with Crippen LogP contribution in [0.2, 0.25) is 0 Å². The van der Waals surface area contributed by atoms with Gasteiger partial charge in [0, 0.05) is 13.1 Å². The summed E-state index contributed by atoms with van der Waals surface area (Å²) in [6, 6.07) is 0. The fourth-order valence-corrected chi connectivity index (χ4v) is 1.27. The first-order chi connectivity index (χ1) is 7.25. The molecular weight excluding hydrogens is 214 g/mol. The molecule has 0 unspecified atom stereocenters. The normalized spacial score (nSPS) is 18.0. The molecule has 0 radical (unpaired) electrons. The van der Waals surface area contributed by atoms with Crippen LogP contribution in [0.4, 0.5) is 0 Å². The molecule has 1 aliphatic rings. The highest BCUT2D eigenvalue weighted by Crippen LogP contribution is 2.09. The van der Waals surface area contributed by atoms with Gasteiger partial charge >= 0.3 is 0 Å². The van der Waals surface area contributed by atoms with Crippen molar-refractivity contribution in [2.45, 2.75) is 20.3 Å². The zero-order valence-electron chi connectivity index (χ0n) is 9.39. The SMILES string of the molecule is CC.N/C(CO)=C(/Cl)C1=NCCCNC1. The number of halogens is 1. The Morgan fingerprint density at radius 1 is 1.60 bits per heavy atom. The lowest BCUT2D eigenvalue weighted by Crippen LogP contribution is -2.23. The predicted molar refractivity (Wildman–Crippen MR) is 65.3 cm³/mol. The summed E-state index contributed by atoms with van der Waals surface area (Å²) >= 11 is 5.91. The molecular formula is C10H20ClN3O. The van der Waals surface area contributed by atoms with Gasteiger partial charge in [-0.3, -0.25) is 4.99 Å². The van der Waals surface area contributed by atoms with Crippen LogP contribution in [-0.2, 0) is 0 Å². The van der Waals surface area contributed by atoms with Crippen LogP contribution in [0.1, 0.15) is 20.3 Å². The average molecular weight is 234 g/mol. The van der Waals surface area contributed by atoms with Crippen molar-refractivity contribution in [1.29, 1.82) is 0 Å². The summed E-state index contributed by atoms with van der Waals surface area (Å²) in [4.78, 5) is 4.27. The van der Waals surface area contributed by atoms with E-state index >= 15 is 0 Å². The van der Waals surface area contributed by atoms with Crippen LogP contribution in [0.25, 0.3) is 0 Å². The van der Waals surface area contributed by atoms with E-state index in [1.165, 1.54) is 0 Å². The molecule has 0 amide bonds. The number of nitrogens with one attached hydrogen (secondary N) is 1. The highest BCUT2D eigenvalue weighted by atomic mass is 35.5. The second-order valence-corrected chi connectivity index (χ2v) is 3.23. The Morgan fingerprint density at radius 3 is 2.87 bits per heavy atom. The van der Waals surface area contributed by atoms with Crippen molar-refractivity contribution >= 4 is 17.3 Å². The predicted octanol–water partition coefficient (Wildman–Crippen LogP) is 0.848. The lowest BCUT2D eigenvalue weighted by Gasteiger charge is -2.05. The van der Waals surface area contributed by atoms with Gasteiger partial charge in [-0.25, -0.2) is 0 Å². The first kappa shape index (κ1) is 14.4. The second kappa shape index (κ2) is 8.71. The summed E-state index contributed by atoms with van der Waals surface area (Å²) in [5.41, 5.74) is 6.51. The van der Waals surface area contributed by atoms with E-state index in [-0.39, 0.29) is 12.3 Å². The third kappa shape index (κ3) is 5.16. The molecule has 5 heteroatoms. The van der Waals surface area contributed by atoms with Crippen LogP contribution in [0.3, 0.4) is 0 Å². The first-order valence-electron chi connectivity index (χ1n) is 5.25. The zero-order chi connectivity index (χ0) is 11.7. The van der Waals surface area contributed by atoms with Gasteiger partial charge in [0.25, 0.3) is 0 Å². The Kier molecular flexibility index (Phi) is 8.37. The minimum atomic E-state index is -0.224. The van der Waals surface area contributed by atoms with Crippen molar-refractivity contribution in [2.24, 2.45) is 10.7 Å². The molecule has 4 nitrogen and oxygen atoms in total.